The molecule has 1 atom stereocenters. The van der Waals surface area contributed by atoms with E-state index in [1.165, 1.54) is 0 Å². The number of anilines is 1. The van der Waals surface area contributed by atoms with Gasteiger partial charge >= 0.3 is 0 Å². The van der Waals surface area contributed by atoms with E-state index in [0.717, 1.165) is 23.4 Å². The molecule has 0 bridgehead atoms. The second kappa shape index (κ2) is 7.01. The summed E-state index contributed by atoms with van der Waals surface area (Å²) in [6.07, 6.45) is 6.73. The number of benzene rings is 1. The molecule has 23 heavy (non-hydrogen) atoms. The molecule has 3 aromatic rings. The number of rotatable bonds is 6. The van der Waals surface area contributed by atoms with Crippen LogP contribution in [0.1, 0.15) is 30.7 Å². The highest BCUT2D eigenvalue weighted by molar-refractivity contribution is 5.92. The molecular formula is C19H20N2O2. The smallest absolute Gasteiger partial charge is 0.226 e. The predicted octanol–water partition coefficient (Wildman–Crippen LogP) is 4.26. The number of aryl methyl sites for hydroxylation is 1. The lowest BCUT2D eigenvalue weighted by Gasteiger charge is -2.17. The van der Waals surface area contributed by atoms with Crippen LogP contribution in [0.4, 0.5) is 5.69 Å². The third-order valence-electron chi connectivity index (χ3n) is 3.91. The predicted molar refractivity (Wildman–Crippen MR) is 90.3 cm³/mol. The summed E-state index contributed by atoms with van der Waals surface area (Å²) >= 11 is 0. The van der Waals surface area contributed by atoms with Gasteiger partial charge in [0.05, 0.1) is 18.7 Å². The summed E-state index contributed by atoms with van der Waals surface area (Å²) in [6, 6.07) is 15.4. The van der Waals surface area contributed by atoms with Gasteiger partial charge in [0.1, 0.15) is 5.76 Å². The lowest BCUT2D eigenvalue weighted by molar-refractivity contribution is -0.116. The van der Waals surface area contributed by atoms with E-state index in [-0.39, 0.29) is 11.9 Å². The van der Waals surface area contributed by atoms with Crippen LogP contribution >= 0.6 is 0 Å². The van der Waals surface area contributed by atoms with Gasteiger partial charge in [0.25, 0.3) is 0 Å². The van der Waals surface area contributed by atoms with E-state index in [1.54, 1.807) is 6.26 Å². The van der Waals surface area contributed by atoms with Crippen LogP contribution in [0.15, 0.2) is 71.6 Å². The van der Waals surface area contributed by atoms with Crippen LogP contribution < -0.4 is 5.32 Å². The highest BCUT2D eigenvalue weighted by Crippen LogP contribution is 2.24. The molecule has 4 heteroatoms. The first-order valence-electron chi connectivity index (χ1n) is 7.81. The fraction of sp³-hybridized carbons (Fsp3) is 0.211. The van der Waals surface area contributed by atoms with Gasteiger partial charge in [-0.1, -0.05) is 25.1 Å². The van der Waals surface area contributed by atoms with Crippen molar-refractivity contribution in [3.8, 4) is 0 Å². The van der Waals surface area contributed by atoms with Crippen molar-refractivity contribution in [3.05, 3.63) is 78.5 Å². The zero-order chi connectivity index (χ0) is 16.1. The van der Waals surface area contributed by atoms with Crippen molar-refractivity contribution in [2.45, 2.75) is 25.8 Å². The molecule has 1 N–H and O–H groups in total. The van der Waals surface area contributed by atoms with Gasteiger partial charge in [-0.2, -0.15) is 0 Å². The molecule has 0 saturated heterocycles. The molecule has 0 radical (unpaired) electrons. The van der Waals surface area contributed by atoms with Crippen molar-refractivity contribution in [2.75, 3.05) is 5.32 Å². The Labute approximate surface area is 135 Å². The van der Waals surface area contributed by atoms with E-state index in [4.69, 9.17) is 4.42 Å². The van der Waals surface area contributed by atoms with Crippen molar-refractivity contribution in [2.24, 2.45) is 0 Å². The number of hydrogen-bond donors (Lipinski definition) is 1. The van der Waals surface area contributed by atoms with Crippen molar-refractivity contribution < 1.29 is 9.21 Å². The molecule has 0 aliphatic rings. The summed E-state index contributed by atoms with van der Waals surface area (Å²) in [5, 5.41) is 3.02. The quantitative estimate of drug-likeness (QED) is 0.739. The summed E-state index contributed by atoms with van der Waals surface area (Å²) in [6.45, 7) is 2.08. The number of nitrogens with zero attached hydrogens (tertiary/aromatic N) is 1. The normalized spacial score (nSPS) is 12.0. The van der Waals surface area contributed by atoms with Gasteiger partial charge in [-0.05, 0) is 42.3 Å². The fourth-order valence-corrected chi connectivity index (χ4v) is 2.72. The number of carbonyl (C=O) groups excluding carboxylic acids is 1. The number of hydrogen-bond acceptors (Lipinski definition) is 2. The van der Waals surface area contributed by atoms with Crippen molar-refractivity contribution in [1.82, 2.24) is 4.57 Å². The maximum atomic E-state index is 12.5. The third-order valence-corrected chi connectivity index (χ3v) is 3.91. The van der Waals surface area contributed by atoms with Crippen LogP contribution in [0.25, 0.3) is 0 Å². The molecule has 0 aliphatic carbocycles. The lowest BCUT2D eigenvalue weighted by atomic mass is 10.1. The summed E-state index contributed by atoms with van der Waals surface area (Å²) < 4.78 is 7.50. The zero-order valence-electron chi connectivity index (χ0n) is 13.1. The van der Waals surface area contributed by atoms with Gasteiger partial charge in [0.15, 0.2) is 0 Å². The number of furan rings is 1. The van der Waals surface area contributed by atoms with Crippen LogP contribution in [0.3, 0.4) is 0 Å². The van der Waals surface area contributed by atoms with E-state index in [1.807, 2.05) is 65.5 Å². The molecule has 0 spiro atoms. The molecule has 2 aromatic heterocycles. The molecule has 1 amide bonds. The Balaban J connectivity index is 1.77. The Kier molecular flexibility index (Phi) is 4.62. The largest absolute Gasteiger partial charge is 0.467 e. The van der Waals surface area contributed by atoms with Gasteiger partial charge in [-0.25, -0.2) is 0 Å². The Morgan fingerprint density at radius 3 is 2.61 bits per heavy atom. The number of aromatic nitrogens is 1. The van der Waals surface area contributed by atoms with Crippen LogP contribution in [0, 0.1) is 0 Å². The molecule has 3 rings (SSSR count). The molecule has 0 unspecified atom stereocenters. The first-order chi connectivity index (χ1) is 11.3. The molecular weight excluding hydrogens is 288 g/mol. The zero-order valence-corrected chi connectivity index (χ0v) is 13.1. The average molecular weight is 308 g/mol. The Hall–Kier alpha value is -2.75. The summed E-state index contributed by atoms with van der Waals surface area (Å²) in [4.78, 5) is 12.5. The number of amides is 1. The van der Waals surface area contributed by atoms with E-state index >= 15 is 0 Å². The molecule has 118 valence electrons. The monoisotopic (exact) mass is 308 g/mol. The summed E-state index contributed by atoms with van der Waals surface area (Å²) in [7, 11) is 0. The first-order valence-corrected chi connectivity index (χ1v) is 7.81. The van der Waals surface area contributed by atoms with Gasteiger partial charge in [-0.15, -0.1) is 0 Å². The standard InChI is InChI=1S/C19H20N2O2/c1-2-15-8-3-4-9-16(15)20-19(22)14-17(18-10-7-13-23-18)21-11-5-6-12-21/h3-13,17H,2,14H2,1H3,(H,20,22)/t17-/m0/s1. The second-order valence-electron chi connectivity index (χ2n) is 5.42. The van der Waals surface area contributed by atoms with E-state index < -0.39 is 0 Å². The average Bonchev–Trinajstić information content (AvgIpc) is 3.27. The van der Waals surface area contributed by atoms with Crippen LogP contribution in [0.2, 0.25) is 0 Å². The molecule has 2 heterocycles. The number of carbonyl (C=O) groups is 1. The van der Waals surface area contributed by atoms with Gasteiger partial charge < -0.3 is 14.3 Å². The van der Waals surface area contributed by atoms with E-state index in [0.29, 0.717) is 6.42 Å². The van der Waals surface area contributed by atoms with Crippen molar-refractivity contribution in [3.63, 3.8) is 0 Å². The van der Waals surface area contributed by atoms with Crippen LogP contribution in [-0.4, -0.2) is 10.5 Å². The SMILES string of the molecule is CCc1ccccc1NC(=O)C[C@@H](c1ccco1)n1cccc1. The lowest BCUT2D eigenvalue weighted by Crippen LogP contribution is -2.19. The molecule has 0 fully saturated rings. The van der Waals surface area contributed by atoms with E-state index in [2.05, 4.69) is 12.2 Å². The minimum Gasteiger partial charge on any atom is -0.467 e. The molecule has 0 saturated carbocycles. The Bertz CT molecular complexity index is 711. The maximum absolute atomic E-state index is 12.5. The number of para-hydroxylation sites is 1. The molecule has 4 nitrogen and oxygen atoms in total. The van der Waals surface area contributed by atoms with E-state index in [9.17, 15) is 4.79 Å². The van der Waals surface area contributed by atoms with Crippen LogP contribution in [0.5, 0.6) is 0 Å². The minimum absolute atomic E-state index is 0.0269. The maximum Gasteiger partial charge on any atom is 0.226 e. The van der Waals surface area contributed by atoms with Gasteiger partial charge in [0.2, 0.25) is 5.91 Å². The highest BCUT2D eigenvalue weighted by atomic mass is 16.3. The van der Waals surface area contributed by atoms with Crippen molar-refractivity contribution >= 4 is 11.6 Å². The topological polar surface area (TPSA) is 47.2 Å². The summed E-state index contributed by atoms with van der Waals surface area (Å²) in [5.74, 6) is 0.751. The summed E-state index contributed by atoms with van der Waals surface area (Å²) in [5.41, 5.74) is 2.02. The molecule has 1 aromatic carbocycles. The third kappa shape index (κ3) is 3.54. The fourth-order valence-electron chi connectivity index (χ4n) is 2.72. The first kappa shape index (κ1) is 15.2. The Morgan fingerprint density at radius 2 is 1.91 bits per heavy atom. The van der Waals surface area contributed by atoms with Crippen molar-refractivity contribution in [1.29, 1.82) is 0 Å². The number of nitrogens with one attached hydrogen (secondary N) is 1. The van der Waals surface area contributed by atoms with Gasteiger partial charge in [-0.3, -0.25) is 4.79 Å². The highest BCUT2D eigenvalue weighted by Gasteiger charge is 2.20. The Morgan fingerprint density at radius 1 is 1.13 bits per heavy atom. The minimum atomic E-state index is -0.145. The van der Waals surface area contributed by atoms with Gasteiger partial charge in [0, 0.05) is 18.1 Å². The second-order valence-corrected chi connectivity index (χ2v) is 5.42. The molecule has 0 aliphatic heterocycles. The van der Waals surface area contributed by atoms with Crippen LogP contribution in [-0.2, 0) is 11.2 Å².